The maximum absolute atomic E-state index is 12.0. The van der Waals surface area contributed by atoms with Crippen molar-refractivity contribution in [2.75, 3.05) is 19.6 Å². The molecule has 0 aromatic carbocycles. The molecule has 7 heteroatoms. The molecule has 0 radical (unpaired) electrons. The SMILES string of the molecule is CC1CCCCN1CCCNS(=O)(=O)c1ccc(CO)o1. The van der Waals surface area contributed by atoms with Gasteiger partial charge >= 0.3 is 0 Å². The molecule has 1 aliphatic heterocycles. The molecule has 1 atom stereocenters. The highest BCUT2D eigenvalue weighted by atomic mass is 32.2. The van der Waals surface area contributed by atoms with Gasteiger partial charge in [0.1, 0.15) is 12.4 Å². The fourth-order valence-corrected chi connectivity index (χ4v) is 3.66. The van der Waals surface area contributed by atoms with Gasteiger partial charge in [0.2, 0.25) is 5.09 Å². The molecule has 2 heterocycles. The Hall–Kier alpha value is -0.890. The van der Waals surface area contributed by atoms with Gasteiger partial charge in [-0.3, -0.25) is 0 Å². The van der Waals surface area contributed by atoms with E-state index in [0.29, 0.717) is 12.6 Å². The molecule has 120 valence electrons. The van der Waals surface area contributed by atoms with Gasteiger partial charge in [-0.1, -0.05) is 6.42 Å². The first-order valence-electron chi connectivity index (χ1n) is 7.46. The standard InChI is InChI=1S/C14H24N2O4S/c1-12-5-2-3-9-16(12)10-4-8-15-21(18,19)14-7-6-13(11-17)20-14/h6-7,12,15,17H,2-5,8-11H2,1H3. The Balaban J connectivity index is 1.77. The lowest BCUT2D eigenvalue weighted by molar-refractivity contribution is 0.159. The first-order chi connectivity index (χ1) is 10.0. The van der Waals surface area contributed by atoms with Crippen molar-refractivity contribution >= 4 is 10.0 Å². The molecular weight excluding hydrogens is 292 g/mol. The smallest absolute Gasteiger partial charge is 0.273 e. The molecule has 0 spiro atoms. The number of furan rings is 1. The van der Waals surface area contributed by atoms with Crippen LogP contribution in [0.3, 0.4) is 0 Å². The Bertz CT molecular complexity index is 541. The van der Waals surface area contributed by atoms with Gasteiger partial charge in [-0.25, -0.2) is 13.1 Å². The number of hydrogen-bond donors (Lipinski definition) is 2. The van der Waals surface area contributed by atoms with Gasteiger partial charge in [-0.2, -0.15) is 0 Å². The number of piperidine rings is 1. The van der Waals surface area contributed by atoms with Gasteiger partial charge in [-0.05, 0) is 51.4 Å². The lowest BCUT2D eigenvalue weighted by Crippen LogP contribution is -2.39. The van der Waals surface area contributed by atoms with Crippen LogP contribution in [0.25, 0.3) is 0 Å². The van der Waals surface area contributed by atoms with Crippen molar-refractivity contribution in [3.8, 4) is 0 Å². The molecule has 1 aromatic heterocycles. The summed E-state index contributed by atoms with van der Waals surface area (Å²) in [4.78, 5) is 2.41. The molecule has 2 N–H and O–H groups in total. The molecule has 6 nitrogen and oxygen atoms in total. The number of aliphatic hydroxyl groups excluding tert-OH is 1. The third-order valence-corrected chi connectivity index (χ3v) is 5.25. The van der Waals surface area contributed by atoms with Crippen molar-refractivity contribution < 1.29 is 17.9 Å². The van der Waals surface area contributed by atoms with Gasteiger partial charge < -0.3 is 14.4 Å². The molecule has 0 bridgehead atoms. The second kappa shape index (κ2) is 7.40. The minimum atomic E-state index is -3.61. The largest absolute Gasteiger partial charge is 0.446 e. The number of likely N-dealkylation sites (tertiary alicyclic amines) is 1. The number of nitrogens with zero attached hydrogens (tertiary/aromatic N) is 1. The quantitative estimate of drug-likeness (QED) is 0.741. The van der Waals surface area contributed by atoms with Crippen molar-refractivity contribution in [3.05, 3.63) is 17.9 Å². The Morgan fingerprint density at radius 3 is 2.90 bits per heavy atom. The topological polar surface area (TPSA) is 82.8 Å². The summed E-state index contributed by atoms with van der Waals surface area (Å²) < 4.78 is 31.5. The average Bonchev–Trinajstić information content (AvgIpc) is 2.95. The summed E-state index contributed by atoms with van der Waals surface area (Å²) in [5.74, 6) is 0.248. The Morgan fingerprint density at radius 1 is 1.43 bits per heavy atom. The summed E-state index contributed by atoms with van der Waals surface area (Å²) in [7, 11) is -3.61. The molecule has 1 aromatic rings. The minimum absolute atomic E-state index is 0.141. The minimum Gasteiger partial charge on any atom is -0.446 e. The highest BCUT2D eigenvalue weighted by Gasteiger charge is 2.20. The van der Waals surface area contributed by atoms with E-state index in [4.69, 9.17) is 9.52 Å². The van der Waals surface area contributed by atoms with E-state index in [0.717, 1.165) is 19.5 Å². The van der Waals surface area contributed by atoms with E-state index < -0.39 is 10.0 Å². The van der Waals surface area contributed by atoms with Gasteiger partial charge in [-0.15, -0.1) is 0 Å². The Morgan fingerprint density at radius 2 is 2.24 bits per heavy atom. The first-order valence-corrected chi connectivity index (χ1v) is 8.94. The highest BCUT2D eigenvalue weighted by Crippen LogP contribution is 2.16. The second-order valence-corrected chi connectivity index (χ2v) is 7.21. The van der Waals surface area contributed by atoms with E-state index in [2.05, 4.69) is 16.5 Å². The monoisotopic (exact) mass is 316 g/mol. The van der Waals surface area contributed by atoms with Crippen LogP contribution < -0.4 is 4.72 Å². The number of hydrogen-bond acceptors (Lipinski definition) is 5. The van der Waals surface area contributed by atoms with Crippen LogP contribution in [0.4, 0.5) is 0 Å². The van der Waals surface area contributed by atoms with Crippen LogP contribution in [0.15, 0.2) is 21.6 Å². The molecule has 21 heavy (non-hydrogen) atoms. The molecule has 0 amide bonds. The predicted molar refractivity (Wildman–Crippen MR) is 79.3 cm³/mol. The van der Waals surface area contributed by atoms with E-state index in [1.165, 1.54) is 31.4 Å². The summed E-state index contributed by atoms with van der Waals surface area (Å²) in [6.45, 7) is 4.32. The Labute approximate surface area is 126 Å². The van der Waals surface area contributed by atoms with Crippen LogP contribution in [0.5, 0.6) is 0 Å². The zero-order chi connectivity index (χ0) is 15.3. The molecule has 0 saturated carbocycles. The van der Waals surface area contributed by atoms with Crippen molar-refractivity contribution in [2.45, 2.75) is 50.3 Å². The molecule has 1 fully saturated rings. The highest BCUT2D eigenvalue weighted by molar-refractivity contribution is 7.89. The summed E-state index contributed by atoms with van der Waals surface area (Å²) in [5, 5.41) is 8.74. The van der Waals surface area contributed by atoms with E-state index >= 15 is 0 Å². The van der Waals surface area contributed by atoms with E-state index in [9.17, 15) is 8.42 Å². The predicted octanol–water partition coefficient (Wildman–Crippen LogP) is 1.31. The fourth-order valence-electron chi connectivity index (χ4n) is 2.64. The van der Waals surface area contributed by atoms with Crippen molar-refractivity contribution in [1.82, 2.24) is 9.62 Å². The molecule has 0 aliphatic carbocycles. The van der Waals surface area contributed by atoms with Crippen molar-refractivity contribution in [1.29, 1.82) is 0 Å². The molecular formula is C14H24N2O4S. The summed E-state index contributed by atoms with van der Waals surface area (Å²) in [6.07, 6.45) is 4.52. The molecule has 1 saturated heterocycles. The fraction of sp³-hybridized carbons (Fsp3) is 0.714. The van der Waals surface area contributed by atoms with E-state index in [1.54, 1.807) is 0 Å². The van der Waals surface area contributed by atoms with Gasteiger partial charge in [0.05, 0.1) is 0 Å². The van der Waals surface area contributed by atoms with Crippen molar-refractivity contribution in [3.63, 3.8) is 0 Å². The van der Waals surface area contributed by atoms with Crippen LogP contribution in [0.1, 0.15) is 38.4 Å². The number of aliphatic hydroxyl groups is 1. The Kier molecular flexibility index (Phi) is 5.80. The van der Waals surface area contributed by atoms with Crippen molar-refractivity contribution in [2.24, 2.45) is 0 Å². The van der Waals surface area contributed by atoms with Crippen LogP contribution in [0, 0.1) is 0 Å². The summed E-state index contributed by atoms with van der Waals surface area (Å²) >= 11 is 0. The molecule has 1 unspecified atom stereocenters. The van der Waals surface area contributed by atoms with E-state index in [1.807, 2.05) is 0 Å². The van der Waals surface area contributed by atoms with Crippen LogP contribution >= 0.6 is 0 Å². The normalized spacial score (nSPS) is 20.8. The van der Waals surface area contributed by atoms with Crippen LogP contribution in [-0.2, 0) is 16.6 Å². The van der Waals surface area contributed by atoms with Gasteiger partial charge in [0.25, 0.3) is 10.0 Å². The number of nitrogens with one attached hydrogen (secondary N) is 1. The van der Waals surface area contributed by atoms with Crippen LogP contribution in [0.2, 0.25) is 0 Å². The number of sulfonamides is 1. The zero-order valence-electron chi connectivity index (χ0n) is 12.4. The molecule has 1 aliphatic rings. The summed E-state index contributed by atoms with van der Waals surface area (Å²) in [5.41, 5.74) is 0. The third kappa shape index (κ3) is 4.54. The lowest BCUT2D eigenvalue weighted by Gasteiger charge is -2.33. The third-order valence-electron chi connectivity index (χ3n) is 3.91. The maximum atomic E-state index is 12.0. The average molecular weight is 316 g/mol. The zero-order valence-corrected chi connectivity index (χ0v) is 13.2. The number of rotatable bonds is 7. The summed E-state index contributed by atoms with van der Waals surface area (Å²) in [6, 6.07) is 3.41. The van der Waals surface area contributed by atoms with E-state index in [-0.39, 0.29) is 17.5 Å². The lowest BCUT2D eigenvalue weighted by atomic mass is 10.0. The van der Waals surface area contributed by atoms with Gasteiger partial charge in [0, 0.05) is 12.6 Å². The maximum Gasteiger partial charge on any atom is 0.273 e. The second-order valence-electron chi connectivity index (χ2n) is 5.51. The molecule has 2 rings (SSSR count). The first kappa shape index (κ1) is 16.5. The van der Waals surface area contributed by atoms with Gasteiger partial charge in [0.15, 0.2) is 0 Å². The van der Waals surface area contributed by atoms with Crippen LogP contribution in [-0.4, -0.2) is 44.1 Å².